The highest BCUT2D eigenvalue weighted by Gasteiger charge is 2.47. The predicted molar refractivity (Wildman–Crippen MR) is 160 cm³/mol. The Hall–Kier alpha value is -4.26. The number of anilines is 1. The summed E-state index contributed by atoms with van der Waals surface area (Å²) >= 11 is 0. The van der Waals surface area contributed by atoms with Crippen molar-refractivity contribution in [1.82, 2.24) is 4.90 Å². The fourth-order valence-electron chi connectivity index (χ4n) is 5.71. The normalized spacial score (nSPS) is 15.5. The zero-order valence-electron chi connectivity index (χ0n) is 24.3. The molecule has 0 radical (unpaired) electrons. The molecule has 4 aromatic rings. The lowest BCUT2D eigenvalue weighted by Crippen LogP contribution is -2.44. The van der Waals surface area contributed by atoms with Crippen molar-refractivity contribution in [3.63, 3.8) is 0 Å². The minimum Gasteiger partial charge on any atom is -0.455 e. The van der Waals surface area contributed by atoms with Gasteiger partial charge in [-0.25, -0.2) is 17.2 Å². The molecule has 1 fully saturated rings. The maximum Gasteiger partial charge on any atom is 0.408 e. The number of ketones is 1. The first kappa shape index (κ1) is 32.1. The lowest BCUT2D eigenvalue weighted by atomic mass is 9.95. The van der Waals surface area contributed by atoms with Crippen LogP contribution in [0.1, 0.15) is 46.9 Å². The summed E-state index contributed by atoms with van der Waals surface area (Å²) in [6, 6.07) is 11.8. The van der Waals surface area contributed by atoms with Crippen LogP contribution in [-0.4, -0.2) is 63.2 Å². The third-order valence-electron chi connectivity index (χ3n) is 7.78. The lowest BCUT2D eigenvalue weighted by molar-refractivity contribution is -0.169. The number of alkyl halides is 4. The van der Waals surface area contributed by atoms with Gasteiger partial charge in [0.1, 0.15) is 29.9 Å². The number of benzene rings is 3. The van der Waals surface area contributed by atoms with Crippen LogP contribution in [0.2, 0.25) is 0 Å². The van der Waals surface area contributed by atoms with Gasteiger partial charge in [-0.05, 0) is 60.9 Å². The summed E-state index contributed by atoms with van der Waals surface area (Å²) in [5, 5.41) is 0.280. The topological polar surface area (TPSA) is 87.9 Å². The number of amides is 1. The Labute approximate surface area is 256 Å². The first-order chi connectivity index (χ1) is 21.2. The summed E-state index contributed by atoms with van der Waals surface area (Å²) in [5.74, 6) is -1.56. The second-order valence-corrected chi connectivity index (χ2v) is 12.7. The van der Waals surface area contributed by atoms with Gasteiger partial charge in [0.15, 0.2) is 5.78 Å². The van der Waals surface area contributed by atoms with Gasteiger partial charge >= 0.3 is 6.18 Å². The van der Waals surface area contributed by atoms with Gasteiger partial charge in [0.2, 0.25) is 10.0 Å². The van der Waals surface area contributed by atoms with Crippen molar-refractivity contribution in [1.29, 1.82) is 0 Å². The number of rotatable bonds is 9. The van der Waals surface area contributed by atoms with Crippen molar-refractivity contribution in [3.05, 3.63) is 77.6 Å². The second kappa shape index (κ2) is 12.3. The van der Waals surface area contributed by atoms with Crippen LogP contribution in [0.4, 0.5) is 27.6 Å². The Morgan fingerprint density at radius 3 is 2.38 bits per heavy atom. The van der Waals surface area contributed by atoms with Crippen LogP contribution in [0.15, 0.2) is 65.1 Å². The number of fused-ring (bicyclic) bond motifs is 1. The Kier molecular flexibility index (Phi) is 8.76. The Bertz CT molecular complexity index is 1870. The van der Waals surface area contributed by atoms with Crippen molar-refractivity contribution in [2.75, 3.05) is 30.3 Å². The van der Waals surface area contributed by atoms with Crippen LogP contribution in [0.3, 0.4) is 0 Å². The predicted octanol–water partition coefficient (Wildman–Crippen LogP) is 7.40. The van der Waals surface area contributed by atoms with E-state index in [9.17, 15) is 40.0 Å². The van der Waals surface area contributed by atoms with E-state index in [1.165, 1.54) is 60.7 Å². The molecule has 2 heterocycles. The minimum atomic E-state index is -4.60. The number of furan rings is 1. The summed E-state index contributed by atoms with van der Waals surface area (Å²) in [5.41, 5.74) is 0.949. The molecule has 5 rings (SSSR count). The minimum absolute atomic E-state index is 0.0310. The molecule has 7 nitrogen and oxygen atoms in total. The third kappa shape index (κ3) is 6.31. The fourth-order valence-corrected chi connectivity index (χ4v) is 6.61. The summed E-state index contributed by atoms with van der Waals surface area (Å²) in [4.78, 5) is 27.4. The molecule has 0 bridgehead atoms. The van der Waals surface area contributed by atoms with Crippen LogP contribution in [0, 0.1) is 5.82 Å². The monoisotopic (exact) mass is 648 g/mol. The van der Waals surface area contributed by atoms with Crippen molar-refractivity contribution < 1.29 is 44.4 Å². The molecule has 1 saturated heterocycles. The molecule has 1 amide bonds. The molecule has 1 unspecified atom stereocenters. The number of nitrogens with zero attached hydrogens (tertiary/aromatic N) is 2. The number of Topliss-reactive ketones (excluding diaryl/α,β-unsaturated/α-hetero) is 1. The molecule has 13 heteroatoms. The average molecular weight is 649 g/mol. The van der Waals surface area contributed by atoms with Gasteiger partial charge in [-0.3, -0.25) is 13.9 Å². The number of carbonyl (C=O) groups is 2. The van der Waals surface area contributed by atoms with E-state index >= 15 is 0 Å². The highest BCUT2D eigenvalue weighted by atomic mass is 32.2. The van der Waals surface area contributed by atoms with Crippen molar-refractivity contribution >= 4 is 38.4 Å². The molecule has 1 aromatic heterocycles. The third-order valence-corrected chi connectivity index (χ3v) is 8.96. The number of hydrogen-bond acceptors (Lipinski definition) is 5. The van der Waals surface area contributed by atoms with E-state index in [4.69, 9.17) is 4.42 Å². The molecular weight excluding hydrogens is 619 g/mol. The molecular formula is C32H29F5N2O5S. The average Bonchev–Trinajstić information content (AvgIpc) is 3.64. The second-order valence-electron chi connectivity index (χ2n) is 10.8. The molecule has 238 valence electrons. The Morgan fingerprint density at radius 2 is 1.76 bits per heavy atom. The molecule has 1 aliphatic rings. The molecule has 0 spiro atoms. The van der Waals surface area contributed by atoms with Crippen LogP contribution in [0.5, 0.6) is 0 Å². The molecule has 45 heavy (non-hydrogen) atoms. The molecule has 0 N–H and O–H groups in total. The van der Waals surface area contributed by atoms with Gasteiger partial charge in [-0.1, -0.05) is 19.1 Å². The fraction of sp³-hybridized carbons (Fsp3) is 0.312. The quantitative estimate of drug-likeness (QED) is 0.139. The smallest absolute Gasteiger partial charge is 0.408 e. The van der Waals surface area contributed by atoms with Crippen LogP contribution in [-0.2, 0) is 10.0 Å². The Balaban J connectivity index is 1.75. The van der Waals surface area contributed by atoms with E-state index in [-0.39, 0.29) is 76.3 Å². The molecule has 1 atom stereocenters. The largest absolute Gasteiger partial charge is 0.455 e. The van der Waals surface area contributed by atoms with E-state index in [2.05, 4.69) is 0 Å². The zero-order chi connectivity index (χ0) is 32.7. The summed E-state index contributed by atoms with van der Waals surface area (Å²) in [6.45, 7) is -0.0512. The summed E-state index contributed by atoms with van der Waals surface area (Å²) in [7, 11) is -4.08. The van der Waals surface area contributed by atoms with Gasteiger partial charge in [0, 0.05) is 41.1 Å². The molecule has 3 aromatic carbocycles. The highest BCUT2D eigenvalue weighted by Crippen LogP contribution is 2.42. The number of hydrogen-bond donors (Lipinski definition) is 0. The van der Waals surface area contributed by atoms with Gasteiger partial charge < -0.3 is 9.32 Å². The van der Waals surface area contributed by atoms with E-state index < -0.39 is 47.2 Å². The Morgan fingerprint density at radius 1 is 1.04 bits per heavy atom. The van der Waals surface area contributed by atoms with Crippen LogP contribution >= 0.6 is 0 Å². The van der Waals surface area contributed by atoms with Crippen LogP contribution in [0.25, 0.3) is 33.4 Å². The van der Waals surface area contributed by atoms with E-state index in [1.807, 2.05) is 0 Å². The SMILES string of the molecule is CCC(=O)c1c(-c2ccc(F)cc2)oc2cc(N(CCF)S(C)(=O)=O)c(-c3cccc(C(=O)N4CCCC4C(F)(F)F)c3)cc12. The highest BCUT2D eigenvalue weighted by molar-refractivity contribution is 7.92. The standard InChI is InChI=1S/C32H29F5N2O5S/c1-3-26(40)29-24-17-23(20-6-4-7-21(16-20)31(41)38-14-5-8-28(38)32(35,36)37)25(39(15-13-33)45(2,42)43)18-27(24)44-30(29)19-9-11-22(34)12-10-19/h4,6-7,9-12,16-18,28H,3,5,8,13-15H2,1-2H3. The maximum atomic E-state index is 13.7. The first-order valence-corrected chi connectivity index (χ1v) is 16.0. The zero-order valence-corrected chi connectivity index (χ0v) is 25.1. The van der Waals surface area contributed by atoms with Gasteiger partial charge in [-0.15, -0.1) is 0 Å². The molecule has 1 aliphatic heterocycles. The molecule has 0 saturated carbocycles. The number of likely N-dealkylation sites (tertiary alicyclic amines) is 1. The van der Waals surface area contributed by atoms with Gasteiger partial charge in [0.25, 0.3) is 5.91 Å². The van der Waals surface area contributed by atoms with E-state index in [1.54, 1.807) is 6.92 Å². The maximum absolute atomic E-state index is 13.7. The summed E-state index contributed by atoms with van der Waals surface area (Å²) in [6.07, 6.45) is -3.67. The first-order valence-electron chi connectivity index (χ1n) is 14.2. The number of carbonyl (C=O) groups excluding carboxylic acids is 2. The molecule has 0 aliphatic carbocycles. The number of sulfonamides is 1. The van der Waals surface area contributed by atoms with Gasteiger partial charge in [-0.2, -0.15) is 13.2 Å². The van der Waals surface area contributed by atoms with Crippen molar-refractivity contribution in [2.24, 2.45) is 0 Å². The van der Waals surface area contributed by atoms with E-state index in [0.717, 1.165) is 15.5 Å². The van der Waals surface area contributed by atoms with E-state index in [0.29, 0.717) is 5.56 Å². The van der Waals surface area contributed by atoms with Gasteiger partial charge in [0.05, 0.1) is 24.1 Å². The lowest BCUT2D eigenvalue weighted by Gasteiger charge is -2.27. The van der Waals surface area contributed by atoms with Crippen molar-refractivity contribution in [2.45, 2.75) is 38.4 Å². The van der Waals surface area contributed by atoms with Crippen molar-refractivity contribution in [3.8, 4) is 22.5 Å². The summed E-state index contributed by atoms with van der Waals surface area (Å²) < 4.78 is 101. The van der Waals surface area contributed by atoms with Crippen LogP contribution < -0.4 is 4.31 Å². The number of halogens is 5.